The maximum atomic E-state index is 10.1. The van der Waals surface area contributed by atoms with Gasteiger partial charge in [0, 0.05) is 0 Å². The first kappa shape index (κ1) is 26.5. The molecule has 0 N–H and O–H groups in total. The summed E-state index contributed by atoms with van der Waals surface area (Å²) in [5, 5.41) is 29.9. The van der Waals surface area contributed by atoms with Crippen LogP contribution in [0.15, 0.2) is 0 Å². The molecule has 0 heterocycles. The number of hydrogen-bond acceptors (Lipinski definition) is 3. The third kappa shape index (κ3) is 5.79. The molecule has 0 aromatic carbocycles. The quantitative estimate of drug-likeness (QED) is 0.446. The van der Waals surface area contributed by atoms with Crippen LogP contribution in [0.5, 0.6) is 0 Å². The molecule has 0 bridgehead atoms. The topological polar surface area (TPSA) is 71.4 Å². The van der Waals surface area contributed by atoms with E-state index in [4.69, 9.17) is 0 Å². The number of hydrogen-bond donors (Lipinski definition) is 0. The fourth-order valence-corrected chi connectivity index (χ4v) is 5.02. The van der Waals surface area contributed by atoms with Crippen LogP contribution >= 0.6 is 0 Å². The standard InChI is InChI=1S/C27H45N3/c1-23(2,3)26(9,18-29)14-20-12-11-13-21(22(20)16-25(7,8)17-28)15-27(10,19-30)24(4,5)6/h20-22H,11-16H2,1-10H3. The second-order valence-electron chi connectivity index (χ2n) is 13.1. The van der Waals surface area contributed by atoms with Gasteiger partial charge in [0.1, 0.15) is 0 Å². The van der Waals surface area contributed by atoms with Crippen LogP contribution in [0.1, 0.15) is 108 Å². The van der Waals surface area contributed by atoms with Crippen LogP contribution in [-0.2, 0) is 0 Å². The van der Waals surface area contributed by atoms with Crippen molar-refractivity contribution < 1.29 is 0 Å². The van der Waals surface area contributed by atoms with Crippen molar-refractivity contribution >= 4 is 0 Å². The Kier molecular flexibility index (Phi) is 7.87. The van der Waals surface area contributed by atoms with E-state index in [1.165, 1.54) is 0 Å². The lowest BCUT2D eigenvalue weighted by molar-refractivity contribution is 0.0224. The molecule has 3 nitrogen and oxygen atoms in total. The van der Waals surface area contributed by atoms with E-state index in [-0.39, 0.29) is 10.8 Å². The minimum atomic E-state index is -0.406. The van der Waals surface area contributed by atoms with Gasteiger partial charge in [-0.25, -0.2) is 0 Å². The summed E-state index contributed by atoms with van der Waals surface area (Å²) in [4.78, 5) is 0. The highest BCUT2D eigenvalue weighted by Gasteiger charge is 2.47. The van der Waals surface area contributed by atoms with Crippen molar-refractivity contribution in [3.63, 3.8) is 0 Å². The molecule has 1 fully saturated rings. The lowest BCUT2D eigenvalue weighted by Crippen LogP contribution is -2.42. The third-order valence-electron chi connectivity index (χ3n) is 8.55. The minimum absolute atomic E-state index is 0.101. The van der Waals surface area contributed by atoms with E-state index in [2.05, 4.69) is 73.6 Å². The second-order valence-corrected chi connectivity index (χ2v) is 13.1. The Bertz CT molecular complexity index is 668. The number of rotatable bonds is 6. The summed E-state index contributed by atoms with van der Waals surface area (Å²) in [6.07, 6.45) is 5.97. The molecule has 4 unspecified atom stereocenters. The van der Waals surface area contributed by atoms with Gasteiger partial charge >= 0.3 is 0 Å². The van der Waals surface area contributed by atoms with Gasteiger partial charge in [0.15, 0.2) is 0 Å². The smallest absolute Gasteiger partial charge is 0.0692 e. The van der Waals surface area contributed by atoms with E-state index < -0.39 is 16.2 Å². The molecule has 0 radical (unpaired) electrons. The molecule has 1 aliphatic rings. The van der Waals surface area contributed by atoms with Crippen LogP contribution in [0.25, 0.3) is 0 Å². The highest BCUT2D eigenvalue weighted by atomic mass is 14.5. The lowest BCUT2D eigenvalue weighted by atomic mass is 9.55. The monoisotopic (exact) mass is 411 g/mol. The first-order valence-electron chi connectivity index (χ1n) is 11.7. The second kappa shape index (κ2) is 8.91. The fraction of sp³-hybridized carbons (Fsp3) is 0.889. The van der Waals surface area contributed by atoms with E-state index in [1.807, 2.05) is 13.8 Å². The van der Waals surface area contributed by atoms with Gasteiger partial charge < -0.3 is 0 Å². The molecule has 0 aromatic rings. The van der Waals surface area contributed by atoms with Gasteiger partial charge in [0.2, 0.25) is 0 Å². The molecular weight excluding hydrogens is 366 g/mol. The van der Waals surface area contributed by atoms with Crippen molar-refractivity contribution in [1.82, 2.24) is 0 Å². The zero-order valence-electron chi connectivity index (χ0n) is 21.3. The first-order chi connectivity index (χ1) is 13.5. The average molecular weight is 412 g/mol. The van der Waals surface area contributed by atoms with Crippen LogP contribution in [0.4, 0.5) is 0 Å². The van der Waals surface area contributed by atoms with Gasteiger partial charge in [-0.3, -0.25) is 0 Å². The van der Waals surface area contributed by atoms with E-state index in [1.54, 1.807) is 0 Å². The van der Waals surface area contributed by atoms with Crippen LogP contribution < -0.4 is 0 Å². The molecule has 0 aliphatic heterocycles. The predicted molar refractivity (Wildman–Crippen MR) is 124 cm³/mol. The van der Waals surface area contributed by atoms with Gasteiger partial charge in [0.25, 0.3) is 0 Å². The molecule has 1 rings (SSSR count). The van der Waals surface area contributed by atoms with E-state index in [0.29, 0.717) is 17.8 Å². The lowest BCUT2D eigenvalue weighted by Gasteiger charge is -2.48. The molecule has 0 aromatic heterocycles. The van der Waals surface area contributed by atoms with Crippen molar-refractivity contribution in [2.75, 3.05) is 0 Å². The minimum Gasteiger partial charge on any atom is -0.198 e. The summed E-state index contributed by atoms with van der Waals surface area (Å²) >= 11 is 0. The van der Waals surface area contributed by atoms with Gasteiger partial charge in [-0.1, -0.05) is 60.8 Å². The van der Waals surface area contributed by atoms with Gasteiger partial charge in [-0.15, -0.1) is 0 Å². The van der Waals surface area contributed by atoms with Crippen molar-refractivity contribution in [3.8, 4) is 18.2 Å². The van der Waals surface area contributed by atoms with Gasteiger partial charge in [-0.05, 0) is 75.5 Å². The fourth-order valence-electron chi connectivity index (χ4n) is 5.02. The predicted octanol–water partition coefficient (Wildman–Crippen LogP) is 7.89. The van der Waals surface area contributed by atoms with E-state index in [9.17, 15) is 15.8 Å². The molecule has 4 atom stereocenters. The summed E-state index contributed by atoms with van der Waals surface area (Å²) < 4.78 is 0. The molecule has 168 valence electrons. The van der Waals surface area contributed by atoms with E-state index in [0.717, 1.165) is 38.5 Å². The Morgan fingerprint density at radius 2 is 0.967 bits per heavy atom. The van der Waals surface area contributed by atoms with Crippen molar-refractivity contribution in [1.29, 1.82) is 15.8 Å². The maximum absolute atomic E-state index is 10.1. The zero-order chi connectivity index (χ0) is 23.6. The molecule has 0 spiro atoms. The number of nitrogens with zero attached hydrogens (tertiary/aromatic N) is 3. The Morgan fingerprint density at radius 1 is 0.600 bits per heavy atom. The first-order valence-corrected chi connectivity index (χ1v) is 11.7. The summed E-state index contributed by atoms with van der Waals surface area (Å²) in [6, 6.07) is 7.80. The molecule has 0 amide bonds. The molecule has 3 heteroatoms. The van der Waals surface area contributed by atoms with Crippen LogP contribution in [-0.4, -0.2) is 0 Å². The zero-order valence-corrected chi connectivity index (χ0v) is 21.3. The Balaban J connectivity index is 3.35. The Morgan fingerprint density at radius 3 is 1.23 bits per heavy atom. The summed E-state index contributed by atoms with van der Waals surface area (Å²) in [5.74, 6) is 1.21. The van der Waals surface area contributed by atoms with Gasteiger partial charge in [-0.2, -0.15) is 15.8 Å². The van der Waals surface area contributed by atoms with Crippen molar-refractivity contribution in [2.45, 2.75) is 108 Å². The Labute approximate surface area is 186 Å². The van der Waals surface area contributed by atoms with Crippen molar-refractivity contribution in [3.05, 3.63) is 0 Å². The summed E-state index contributed by atoms with van der Waals surface area (Å²) in [7, 11) is 0. The van der Waals surface area contributed by atoms with Gasteiger partial charge in [0.05, 0.1) is 34.5 Å². The van der Waals surface area contributed by atoms with Crippen molar-refractivity contribution in [2.24, 2.45) is 44.8 Å². The summed E-state index contributed by atoms with van der Waals surface area (Å²) in [6.45, 7) is 21.3. The molecular formula is C27H45N3. The number of nitriles is 3. The summed E-state index contributed by atoms with van der Waals surface area (Å²) in [5.41, 5.74) is -1.41. The maximum Gasteiger partial charge on any atom is 0.0692 e. The van der Waals surface area contributed by atoms with E-state index >= 15 is 0 Å². The molecule has 30 heavy (non-hydrogen) atoms. The van der Waals surface area contributed by atoms with Crippen LogP contribution in [0.2, 0.25) is 0 Å². The highest BCUT2D eigenvalue weighted by Crippen LogP contribution is 2.54. The molecule has 0 saturated heterocycles. The average Bonchev–Trinajstić information content (AvgIpc) is 2.62. The largest absolute Gasteiger partial charge is 0.198 e. The SMILES string of the molecule is CC(C)(C#N)CC1C(CC(C)(C#N)C(C)(C)C)CCCC1CC(C)(C#N)C(C)(C)C. The van der Waals surface area contributed by atoms with Crippen LogP contribution in [0.3, 0.4) is 0 Å². The highest BCUT2D eigenvalue weighted by molar-refractivity contribution is 5.08. The molecule has 1 aliphatic carbocycles. The Hall–Kier alpha value is -1.53. The normalized spacial score (nSPS) is 27.1. The van der Waals surface area contributed by atoms with Crippen LogP contribution in [0, 0.1) is 78.8 Å². The third-order valence-corrected chi connectivity index (χ3v) is 8.55. The molecule has 1 saturated carbocycles.